The van der Waals surface area contributed by atoms with Crippen LogP contribution in [-0.4, -0.2) is 104 Å². The van der Waals surface area contributed by atoms with Gasteiger partial charge >= 0.3 is 490 Å². The van der Waals surface area contributed by atoms with Crippen molar-refractivity contribution in [2.75, 3.05) is 0 Å². The Bertz CT molecular complexity index is 5360. The van der Waals surface area contributed by atoms with Gasteiger partial charge in [-0.3, -0.25) is 0 Å². The molecule has 8 aliphatic heterocycles. The molecule has 18 heteroatoms. The Morgan fingerprint density at radius 2 is 0.451 bits per heavy atom. The molecule has 12 heterocycles. The van der Waals surface area contributed by atoms with Crippen LogP contribution in [0.3, 0.4) is 0 Å². The molecule has 8 aromatic carbocycles. The van der Waals surface area contributed by atoms with Crippen LogP contribution in [0, 0.1) is 0 Å². The van der Waals surface area contributed by atoms with Gasteiger partial charge < -0.3 is 0 Å². The van der Waals surface area contributed by atoms with E-state index < -0.39 is 47.0 Å². The number of hydrogen-bond donors (Lipinski definition) is 0. The number of hydrogen-bond acceptors (Lipinski definition) is 12. The molecule has 82 heavy (non-hydrogen) atoms. The average molecular weight is 1250 g/mol. The van der Waals surface area contributed by atoms with E-state index in [0.717, 1.165) is 144 Å². The van der Waals surface area contributed by atoms with E-state index in [9.17, 15) is 0 Å². The van der Waals surface area contributed by atoms with Gasteiger partial charge in [-0.1, -0.05) is 0 Å². The summed E-state index contributed by atoms with van der Waals surface area (Å²) in [6, 6.07) is 63.2. The molecule has 0 spiro atoms. The second kappa shape index (κ2) is 16.0. The zero-order valence-corrected chi connectivity index (χ0v) is 49.2. The fraction of sp³-hybridized carbons (Fsp3) is 0. The van der Waals surface area contributed by atoms with Gasteiger partial charge in [0, 0.05) is 0 Å². The molecular formula is C64H30In2N16. The van der Waals surface area contributed by atoms with E-state index in [1.165, 1.54) is 0 Å². The monoisotopic (exact) mass is 1250 g/mol. The van der Waals surface area contributed by atoms with Crippen molar-refractivity contribution >= 4 is 160 Å². The zero-order valence-electron chi connectivity index (χ0n) is 42.6. The molecule has 0 amide bonds. The number of rotatable bonds is 1. The normalized spacial score (nSPS) is 15.8. The van der Waals surface area contributed by atoms with Gasteiger partial charge in [-0.25, -0.2) is 0 Å². The van der Waals surface area contributed by atoms with Crippen molar-refractivity contribution in [1.29, 1.82) is 0 Å². The summed E-state index contributed by atoms with van der Waals surface area (Å²) < 4.78 is 9.44. The van der Waals surface area contributed by atoms with Crippen LogP contribution in [0.4, 0.5) is 23.3 Å². The Balaban J connectivity index is 0.805. The number of amidine groups is 8. The van der Waals surface area contributed by atoms with Crippen LogP contribution in [0.1, 0.15) is 44.5 Å². The second-order valence-corrected chi connectivity index (χ2v) is 28.2. The Labute approximate surface area is 485 Å². The van der Waals surface area contributed by atoms with Gasteiger partial charge in [-0.05, 0) is 0 Å². The third-order valence-electron chi connectivity index (χ3n) is 16.6. The molecule has 372 valence electrons. The molecule has 0 fully saturated rings. The topological polar surface area (TPSA) is 168 Å². The Morgan fingerprint density at radius 1 is 0.207 bits per heavy atom. The number of nitrogens with zero attached hydrogens (tertiary/aromatic N) is 16. The molecule has 0 N–H and O–H groups in total. The summed E-state index contributed by atoms with van der Waals surface area (Å²) in [7, 11) is 0. The van der Waals surface area contributed by atoms with Crippen molar-refractivity contribution < 1.29 is 0 Å². The van der Waals surface area contributed by atoms with Crippen LogP contribution in [0.25, 0.3) is 54.2 Å². The summed E-state index contributed by atoms with van der Waals surface area (Å²) in [4.78, 5) is 65.0. The summed E-state index contributed by atoms with van der Waals surface area (Å²) in [5.41, 5.74) is 12.7. The molecule has 12 aromatic rings. The van der Waals surface area contributed by atoms with E-state index in [0.29, 0.717) is 46.7 Å². The first-order chi connectivity index (χ1) is 40.6. The summed E-state index contributed by atoms with van der Waals surface area (Å²) >= 11 is -4.44. The predicted octanol–water partition coefficient (Wildman–Crippen LogP) is 8.92. The number of aliphatic imine (C=N–C) groups is 8. The third kappa shape index (κ3) is 5.93. The number of aromatic nitrogens is 4. The van der Waals surface area contributed by atoms with E-state index in [4.69, 9.17) is 59.9 Å². The van der Waals surface area contributed by atoms with Crippen molar-refractivity contribution in [3.05, 3.63) is 248 Å². The van der Waals surface area contributed by atoms with Crippen molar-refractivity contribution in [3.8, 4) is 11.1 Å². The SMILES string of the molecule is c1ccc2c(c1)C1=NC2=Nc2c3ccccc3c3[n]2[In][n]2c(c4ccccc4c2=NC2=NC(=N3)c3cc(-c4ccc5c(c4)C4=Nc6c7ccccc7c7[n]6[In][n]6c(c8ccccc8c6=NC5=N4)=NC4=NC(=N7)c5ccccc54)ccc32)=N1. The van der Waals surface area contributed by atoms with E-state index >= 15 is 0 Å². The molecule has 0 atom stereocenters. The Kier molecular flexibility index (Phi) is 8.58. The summed E-state index contributed by atoms with van der Waals surface area (Å²) in [6.07, 6.45) is 0. The third-order valence-corrected chi connectivity index (χ3v) is 24.8. The maximum atomic E-state index is 5.61. The molecule has 0 saturated carbocycles. The van der Waals surface area contributed by atoms with Gasteiger partial charge in [0.1, 0.15) is 0 Å². The van der Waals surface area contributed by atoms with Crippen LogP contribution < -0.4 is 22.0 Å². The Morgan fingerprint density at radius 3 is 0.756 bits per heavy atom. The fourth-order valence-corrected chi connectivity index (χ4v) is 21.1. The van der Waals surface area contributed by atoms with Crippen LogP contribution >= 0.6 is 0 Å². The maximum absolute atomic E-state index is 5.61. The van der Waals surface area contributed by atoms with Crippen LogP contribution in [0.15, 0.2) is 242 Å². The molecule has 0 aliphatic carbocycles. The van der Waals surface area contributed by atoms with Gasteiger partial charge in [0.2, 0.25) is 0 Å². The van der Waals surface area contributed by atoms with Crippen molar-refractivity contribution in [1.82, 2.24) is 10.2 Å². The zero-order chi connectivity index (χ0) is 53.1. The van der Waals surface area contributed by atoms with Crippen LogP contribution in [-0.2, 0) is 0 Å². The number of benzene rings is 8. The molecule has 0 unspecified atom stereocenters. The average Bonchev–Trinajstić information content (AvgIpc) is 4.31. The summed E-state index contributed by atoms with van der Waals surface area (Å²) in [5.74, 6) is 8.23. The molecular weight excluding hydrogens is 1220 g/mol. The standard InChI is InChI=1S/C64H30N16.2In/c1-3-15-35-33(13-1)49-65-51(35)69-55-41-21-9-11-23-43(41)59(73-55)77-63-47-29-31(25-27-45(47)61(79-63)75-57-39-19-7-5-17-37(39)53(67-49)71-57)32-26-28-46-48(30-32)64-78-60-44-24-12-10-22-42(44)56(74-60)70-52-36-16-4-2-14-34(36)50(66-52)68-54-38-18-6-8-20-40(38)58(72-54)76-62(46)80-64;;/h1-30H;;/q-4;2*+2. The van der Waals surface area contributed by atoms with Gasteiger partial charge in [-0.2, -0.15) is 0 Å². The van der Waals surface area contributed by atoms with Crippen LogP contribution in [0.2, 0.25) is 0 Å². The second-order valence-electron chi connectivity index (χ2n) is 21.0. The Hall–Kier alpha value is -9.78. The minimum atomic E-state index is -2.22. The molecule has 20 rings (SSSR count). The van der Waals surface area contributed by atoms with Gasteiger partial charge in [0.15, 0.2) is 0 Å². The number of fused-ring (bicyclic) bond motifs is 28. The summed E-state index contributed by atoms with van der Waals surface area (Å²) in [5, 5.41) is 8.01. The van der Waals surface area contributed by atoms with E-state index in [1.807, 2.05) is 24.3 Å². The van der Waals surface area contributed by atoms with Gasteiger partial charge in [0.25, 0.3) is 0 Å². The van der Waals surface area contributed by atoms with E-state index in [-0.39, 0.29) is 0 Å². The van der Waals surface area contributed by atoms with Gasteiger partial charge in [-0.15, -0.1) is 0 Å². The molecule has 4 aromatic heterocycles. The summed E-state index contributed by atoms with van der Waals surface area (Å²) in [6.45, 7) is 0. The van der Waals surface area contributed by atoms with Crippen LogP contribution in [0.5, 0.6) is 0 Å². The first-order valence-electron chi connectivity index (χ1n) is 26.9. The van der Waals surface area contributed by atoms with Crippen molar-refractivity contribution in [2.24, 2.45) is 59.9 Å². The molecule has 2 radical (unpaired) electrons. The van der Waals surface area contributed by atoms with Crippen molar-refractivity contribution in [2.45, 2.75) is 0 Å². The molecule has 12 bridgehead atoms. The molecule has 8 aliphatic rings. The van der Waals surface area contributed by atoms with Gasteiger partial charge in [0.05, 0.1) is 0 Å². The first-order valence-corrected chi connectivity index (χ1v) is 32.8. The van der Waals surface area contributed by atoms with Crippen molar-refractivity contribution in [3.63, 3.8) is 0 Å². The predicted molar refractivity (Wildman–Crippen MR) is 321 cm³/mol. The quantitative estimate of drug-likeness (QED) is 0.153. The molecule has 16 nitrogen and oxygen atoms in total. The van der Waals surface area contributed by atoms with E-state index in [1.54, 1.807) is 0 Å². The molecule has 0 saturated heterocycles. The first kappa shape index (κ1) is 44.0. The van der Waals surface area contributed by atoms with E-state index in [2.05, 4.69) is 168 Å². The minimum absolute atomic E-state index is 0.590. The fourth-order valence-electron chi connectivity index (χ4n) is 12.8.